The second kappa shape index (κ2) is 15.8. The van der Waals surface area contributed by atoms with Gasteiger partial charge in [-0.05, 0) is 55.3 Å². The molecule has 5 nitrogen and oxygen atoms in total. The molecule has 0 aliphatic heterocycles. The summed E-state index contributed by atoms with van der Waals surface area (Å²) in [5.74, 6) is -0.411. The van der Waals surface area contributed by atoms with Crippen LogP contribution in [0.25, 0.3) is 0 Å². The van der Waals surface area contributed by atoms with Crippen LogP contribution in [-0.4, -0.2) is 41.8 Å². The van der Waals surface area contributed by atoms with E-state index in [-0.39, 0.29) is 19.8 Å². The quantitative estimate of drug-likeness (QED) is 0.100. The van der Waals surface area contributed by atoms with Crippen LogP contribution < -0.4 is 4.74 Å². The van der Waals surface area contributed by atoms with Crippen molar-refractivity contribution in [1.82, 2.24) is 0 Å². The summed E-state index contributed by atoms with van der Waals surface area (Å²) >= 11 is 40.4. The second-order valence-electron chi connectivity index (χ2n) is 8.08. The minimum absolute atomic E-state index is 0.0234. The number of aliphatic hydroxyl groups is 1. The number of benzene rings is 3. The topological polar surface area (TPSA) is 65.0 Å². The number of rotatable bonds is 10. The number of carbonyl (C=O) groups is 1. The van der Waals surface area contributed by atoms with E-state index in [1.54, 1.807) is 48.5 Å². The molecule has 0 saturated carbocycles. The van der Waals surface area contributed by atoms with Crippen LogP contribution in [0.2, 0.25) is 25.1 Å². The van der Waals surface area contributed by atoms with E-state index >= 15 is 0 Å². The minimum atomic E-state index is -1.58. The van der Waals surface area contributed by atoms with Crippen molar-refractivity contribution >= 4 is 87.2 Å². The number of ether oxygens (including phenoxy) is 3. The van der Waals surface area contributed by atoms with Gasteiger partial charge in [0, 0.05) is 22.7 Å². The van der Waals surface area contributed by atoms with E-state index in [0.717, 1.165) is 11.1 Å². The van der Waals surface area contributed by atoms with Crippen LogP contribution in [0.5, 0.6) is 5.75 Å². The fraction of sp³-hybridized carbons (Fsp3) is 0.296. The molecule has 0 bridgehead atoms. The third kappa shape index (κ3) is 10.7. The minimum Gasteiger partial charge on any atom is -0.488 e. The Kier molecular flexibility index (Phi) is 13.8. The molecular formula is C27H25Cl7O5. The summed E-state index contributed by atoms with van der Waals surface area (Å²) in [4.78, 5) is 11.2. The molecule has 0 unspecified atom stereocenters. The number of halogens is 7. The molecule has 0 saturated heterocycles. The molecule has 0 atom stereocenters. The lowest BCUT2D eigenvalue weighted by Gasteiger charge is -2.29. The Hall–Kier alpha value is -1.12. The summed E-state index contributed by atoms with van der Waals surface area (Å²) in [6.07, 6.45) is 0. The van der Waals surface area contributed by atoms with Crippen LogP contribution in [0.4, 0.5) is 0 Å². The Morgan fingerprint density at radius 2 is 1.28 bits per heavy atom. The third-order valence-electron chi connectivity index (χ3n) is 5.07. The van der Waals surface area contributed by atoms with Gasteiger partial charge in [-0.15, -0.1) is 0 Å². The van der Waals surface area contributed by atoms with E-state index in [0.29, 0.717) is 37.5 Å². The standard InChI is InChI=1S/C16H16Cl2O2.C11H9Cl5O3/c1-2-20-11-16(19,12-3-7-14(17)8-4-12)13-5-9-15(18)10-6-13;1-11(15,16)10(17)19-3-2-18-9-5-7(13)6(12)4-8(9)14/h3-10,19H,2,11H2,1H3;4-5H,2-3H2,1H3. The SMILES string of the molecule is CC(Cl)(Cl)C(=O)OCCOc1cc(Cl)c(Cl)cc1Cl.CCOCC(O)(c1ccc(Cl)cc1)c1ccc(Cl)cc1. The first-order valence-corrected chi connectivity index (χ1v) is 14.1. The second-order valence-corrected chi connectivity index (χ2v) is 11.9. The van der Waals surface area contributed by atoms with Crippen LogP contribution >= 0.6 is 81.2 Å². The summed E-state index contributed by atoms with van der Waals surface area (Å²) in [7, 11) is 0. The Morgan fingerprint density at radius 3 is 1.74 bits per heavy atom. The molecule has 12 heteroatoms. The highest BCUT2D eigenvalue weighted by molar-refractivity contribution is 6.57. The molecule has 3 aromatic rings. The average molecular weight is 678 g/mol. The van der Waals surface area contributed by atoms with Crippen molar-refractivity contribution in [2.24, 2.45) is 0 Å². The van der Waals surface area contributed by atoms with Crippen molar-refractivity contribution in [3.8, 4) is 5.75 Å². The highest BCUT2D eigenvalue weighted by atomic mass is 35.5. The zero-order valence-electron chi connectivity index (χ0n) is 20.8. The van der Waals surface area contributed by atoms with Gasteiger partial charge in [-0.1, -0.05) is 105 Å². The van der Waals surface area contributed by atoms with Gasteiger partial charge < -0.3 is 19.3 Å². The smallest absolute Gasteiger partial charge is 0.342 e. The van der Waals surface area contributed by atoms with Gasteiger partial charge in [0.05, 0.1) is 21.7 Å². The van der Waals surface area contributed by atoms with Gasteiger partial charge in [0.25, 0.3) is 0 Å². The average Bonchev–Trinajstić information content (AvgIpc) is 2.88. The molecule has 0 aromatic heterocycles. The third-order valence-corrected chi connectivity index (χ3v) is 6.90. The maximum absolute atomic E-state index is 11.2. The molecule has 0 heterocycles. The molecule has 0 aliphatic rings. The van der Waals surface area contributed by atoms with E-state index in [1.165, 1.54) is 19.1 Å². The van der Waals surface area contributed by atoms with Gasteiger partial charge in [-0.25, -0.2) is 4.79 Å². The predicted molar refractivity (Wildman–Crippen MR) is 160 cm³/mol. The molecule has 212 valence electrons. The summed E-state index contributed by atoms with van der Waals surface area (Å²) in [5.41, 5.74) is 0.251. The highest BCUT2D eigenvalue weighted by Crippen LogP contribution is 2.34. The molecule has 39 heavy (non-hydrogen) atoms. The highest BCUT2D eigenvalue weighted by Gasteiger charge is 2.32. The fourth-order valence-electron chi connectivity index (χ4n) is 3.06. The van der Waals surface area contributed by atoms with Crippen molar-refractivity contribution in [1.29, 1.82) is 0 Å². The van der Waals surface area contributed by atoms with Crippen LogP contribution in [0.3, 0.4) is 0 Å². The molecule has 0 fully saturated rings. The van der Waals surface area contributed by atoms with E-state index in [4.69, 9.17) is 95.4 Å². The van der Waals surface area contributed by atoms with Gasteiger partial charge in [0.15, 0.2) is 0 Å². The largest absolute Gasteiger partial charge is 0.488 e. The molecule has 3 rings (SSSR count). The number of alkyl halides is 2. The monoisotopic (exact) mass is 674 g/mol. The fourth-order valence-corrected chi connectivity index (χ4v) is 4.01. The van der Waals surface area contributed by atoms with E-state index in [2.05, 4.69) is 0 Å². The van der Waals surface area contributed by atoms with Crippen molar-refractivity contribution in [2.75, 3.05) is 26.4 Å². The van der Waals surface area contributed by atoms with Gasteiger partial charge in [0.2, 0.25) is 4.33 Å². The van der Waals surface area contributed by atoms with Gasteiger partial charge in [-0.2, -0.15) is 0 Å². The Labute approximate surface area is 262 Å². The first kappa shape index (κ1) is 34.1. The van der Waals surface area contributed by atoms with Crippen LogP contribution in [0, 0.1) is 0 Å². The van der Waals surface area contributed by atoms with Gasteiger partial charge >= 0.3 is 5.97 Å². The maximum Gasteiger partial charge on any atom is 0.342 e. The summed E-state index contributed by atoms with van der Waals surface area (Å²) in [6.45, 7) is 3.97. The molecule has 0 spiro atoms. The number of carbonyl (C=O) groups excluding carboxylic acids is 1. The molecule has 3 aromatic carbocycles. The van der Waals surface area contributed by atoms with Gasteiger partial charge in [-0.3, -0.25) is 0 Å². The molecule has 0 amide bonds. The number of hydrogen-bond donors (Lipinski definition) is 1. The zero-order chi connectivity index (χ0) is 29.2. The Morgan fingerprint density at radius 1 is 0.795 bits per heavy atom. The zero-order valence-corrected chi connectivity index (χ0v) is 26.1. The van der Waals surface area contributed by atoms with Crippen molar-refractivity contribution in [2.45, 2.75) is 23.8 Å². The predicted octanol–water partition coefficient (Wildman–Crippen LogP) is 9.03. The lowest BCUT2D eigenvalue weighted by molar-refractivity contribution is -0.144. The first-order chi connectivity index (χ1) is 18.3. The van der Waals surface area contributed by atoms with Crippen LogP contribution in [0.15, 0.2) is 60.7 Å². The van der Waals surface area contributed by atoms with E-state index in [9.17, 15) is 9.90 Å². The van der Waals surface area contributed by atoms with Crippen molar-refractivity contribution in [3.05, 3.63) is 96.9 Å². The molecule has 1 N–H and O–H groups in total. The Balaban J connectivity index is 0.000000274. The molecular weight excluding hydrogens is 652 g/mol. The van der Waals surface area contributed by atoms with Crippen molar-refractivity contribution in [3.63, 3.8) is 0 Å². The Bertz CT molecular complexity index is 1170. The van der Waals surface area contributed by atoms with Crippen molar-refractivity contribution < 1.29 is 24.1 Å². The van der Waals surface area contributed by atoms with Gasteiger partial charge in [0.1, 0.15) is 24.6 Å². The van der Waals surface area contributed by atoms with E-state index < -0.39 is 15.9 Å². The molecule has 0 aliphatic carbocycles. The summed E-state index contributed by atoms with van der Waals surface area (Å²) in [5, 5.41) is 13.3. The first-order valence-electron chi connectivity index (χ1n) is 11.4. The normalized spacial score (nSPS) is 11.4. The lowest BCUT2D eigenvalue weighted by Crippen LogP contribution is -2.33. The number of hydrogen-bond acceptors (Lipinski definition) is 5. The van der Waals surface area contributed by atoms with Crippen LogP contribution in [0.1, 0.15) is 25.0 Å². The summed E-state index contributed by atoms with van der Waals surface area (Å²) < 4.78 is 14.0. The van der Waals surface area contributed by atoms with Crippen LogP contribution in [-0.2, 0) is 19.9 Å². The summed E-state index contributed by atoms with van der Waals surface area (Å²) in [6, 6.07) is 17.2. The molecule has 0 radical (unpaired) electrons. The number of esters is 1. The lowest BCUT2D eigenvalue weighted by atomic mass is 9.87. The van der Waals surface area contributed by atoms with E-state index in [1.807, 2.05) is 6.92 Å². The maximum atomic E-state index is 11.2.